The second-order valence-corrected chi connectivity index (χ2v) is 5.09. The molecule has 2 N–H and O–H groups in total. The number of aliphatic hydroxyl groups is 1. The molecule has 1 atom stereocenters. The van der Waals surface area contributed by atoms with E-state index in [0.717, 1.165) is 18.4 Å². The largest absolute Gasteiger partial charge is 0.483 e. The summed E-state index contributed by atoms with van der Waals surface area (Å²) in [5.41, 5.74) is 1.76. The Balaban J connectivity index is 2.63. The molecule has 0 saturated carbocycles. The zero-order valence-corrected chi connectivity index (χ0v) is 12.8. The third-order valence-electron chi connectivity index (χ3n) is 3.32. The van der Waals surface area contributed by atoms with Crippen LogP contribution in [0.3, 0.4) is 0 Å². The number of ether oxygens (including phenoxy) is 1. The normalized spacial score (nSPS) is 12.3. The highest BCUT2D eigenvalue weighted by Gasteiger charge is 2.12. The molecular weight excluding hydrogens is 254 g/mol. The van der Waals surface area contributed by atoms with Crippen molar-refractivity contribution in [3.63, 3.8) is 0 Å². The van der Waals surface area contributed by atoms with Gasteiger partial charge in [0.05, 0.1) is 6.10 Å². The standard InChI is InChI=1S/C16H25NO3/c1-5-13(6-2)17-16(19)10-20-15-8-7-11(3)9-14(15)12(4)18/h7-9,12-13,18H,5-6,10H2,1-4H3,(H,17,19)/t12-/m1/s1. The summed E-state index contributed by atoms with van der Waals surface area (Å²) in [6, 6.07) is 5.76. The maximum Gasteiger partial charge on any atom is 0.258 e. The Hall–Kier alpha value is -1.55. The second kappa shape index (κ2) is 7.90. The van der Waals surface area contributed by atoms with E-state index in [9.17, 15) is 9.90 Å². The van der Waals surface area contributed by atoms with E-state index in [1.54, 1.807) is 13.0 Å². The smallest absolute Gasteiger partial charge is 0.258 e. The van der Waals surface area contributed by atoms with Crippen molar-refractivity contribution in [2.75, 3.05) is 6.61 Å². The number of aryl methyl sites for hydroxylation is 1. The predicted octanol–water partition coefficient (Wildman–Crippen LogP) is 2.73. The van der Waals surface area contributed by atoms with Gasteiger partial charge in [-0.2, -0.15) is 0 Å². The summed E-state index contributed by atoms with van der Waals surface area (Å²) in [4.78, 5) is 11.8. The third kappa shape index (κ3) is 4.85. The number of aliphatic hydroxyl groups excluding tert-OH is 1. The summed E-state index contributed by atoms with van der Waals surface area (Å²) in [5.74, 6) is 0.432. The van der Waals surface area contributed by atoms with E-state index in [4.69, 9.17) is 4.74 Å². The molecule has 1 aromatic rings. The zero-order chi connectivity index (χ0) is 15.1. The number of carbonyl (C=O) groups is 1. The van der Waals surface area contributed by atoms with Gasteiger partial charge in [-0.3, -0.25) is 4.79 Å². The molecule has 0 aliphatic heterocycles. The highest BCUT2D eigenvalue weighted by molar-refractivity contribution is 5.77. The first-order valence-electron chi connectivity index (χ1n) is 7.18. The van der Waals surface area contributed by atoms with Gasteiger partial charge in [0.1, 0.15) is 5.75 Å². The van der Waals surface area contributed by atoms with Gasteiger partial charge in [-0.1, -0.05) is 25.5 Å². The summed E-state index contributed by atoms with van der Waals surface area (Å²) in [7, 11) is 0. The lowest BCUT2D eigenvalue weighted by Gasteiger charge is -2.17. The van der Waals surface area contributed by atoms with Crippen molar-refractivity contribution < 1.29 is 14.6 Å². The molecule has 0 aliphatic rings. The predicted molar refractivity (Wildman–Crippen MR) is 79.8 cm³/mol. The molecule has 0 radical (unpaired) electrons. The van der Waals surface area contributed by atoms with Crippen LogP contribution >= 0.6 is 0 Å². The summed E-state index contributed by atoms with van der Waals surface area (Å²) < 4.78 is 5.53. The average molecular weight is 279 g/mol. The Labute approximate surface area is 121 Å². The Morgan fingerprint density at radius 1 is 1.35 bits per heavy atom. The fourth-order valence-electron chi connectivity index (χ4n) is 2.03. The molecule has 0 saturated heterocycles. The van der Waals surface area contributed by atoms with Gasteiger partial charge in [-0.25, -0.2) is 0 Å². The quantitative estimate of drug-likeness (QED) is 0.807. The monoisotopic (exact) mass is 279 g/mol. The number of carbonyl (C=O) groups excluding carboxylic acids is 1. The van der Waals surface area contributed by atoms with Gasteiger partial charge < -0.3 is 15.2 Å². The van der Waals surface area contributed by atoms with E-state index in [1.165, 1.54) is 0 Å². The first-order chi connectivity index (χ1) is 9.47. The lowest BCUT2D eigenvalue weighted by Crippen LogP contribution is -2.37. The zero-order valence-electron chi connectivity index (χ0n) is 12.8. The summed E-state index contributed by atoms with van der Waals surface area (Å²) in [5, 5.41) is 12.7. The molecule has 0 aliphatic carbocycles. The molecule has 20 heavy (non-hydrogen) atoms. The first kappa shape index (κ1) is 16.5. The number of amides is 1. The molecule has 1 aromatic carbocycles. The molecule has 4 nitrogen and oxygen atoms in total. The van der Waals surface area contributed by atoms with Gasteiger partial charge in [0.15, 0.2) is 6.61 Å². The molecule has 1 rings (SSSR count). The van der Waals surface area contributed by atoms with Crippen LogP contribution in [-0.4, -0.2) is 23.7 Å². The number of rotatable bonds is 7. The number of nitrogens with one attached hydrogen (secondary N) is 1. The Bertz CT molecular complexity index is 439. The lowest BCUT2D eigenvalue weighted by atomic mass is 10.1. The molecule has 0 aromatic heterocycles. The van der Waals surface area contributed by atoms with Crippen LogP contribution in [0.25, 0.3) is 0 Å². The van der Waals surface area contributed by atoms with Gasteiger partial charge in [-0.15, -0.1) is 0 Å². The van der Waals surface area contributed by atoms with Crippen LogP contribution in [0.15, 0.2) is 18.2 Å². The number of hydrogen-bond acceptors (Lipinski definition) is 3. The van der Waals surface area contributed by atoms with Crippen molar-refractivity contribution in [3.8, 4) is 5.75 Å². The van der Waals surface area contributed by atoms with E-state index >= 15 is 0 Å². The van der Waals surface area contributed by atoms with E-state index in [2.05, 4.69) is 5.32 Å². The van der Waals surface area contributed by atoms with Crippen LogP contribution < -0.4 is 10.1 Å². The van der Waals surface area contributed by atoms with Gasteiger partial charge >= 0.3 is 0 Å². The minimum atomic E-state index is -0.619. The average Bonchev–Trinajstić information content (AvgIpc) is 2.43. The Morgan fingerprint density at radius 2 is 2.00 bits per heavy atom. The fraction of sp³-hybridized carbons (Fsp3) is 0.562. The van der Waals surface area contributed by atoms with Crippen LogP contribution in [0, 0.1) is 6.92 Å². The molecule has 0 bridgehead atoms. The molecule has 4 heteroatoms. The highest BCUT2D eigenvalue weighted by Crippen LogP contribution is 2.26. The van der Waals surface area contributed by atoms with E-state index in [0.29, 0.717) is 11.3 Å². The molecule has 1 amide bonds. The minimum absolute atomic E-state index is 0.0285. The number of hydrogen-bond donors (Lipinski definition) is 2. The van der Waals surface area contributed by atoms with Crippen LogP contribution in [0.1, 0.15) is 50.8 Å². The summed E-state index contributed by atoms with van der Waals surface area (Å²) in [6.45, 7) is 7.70. The van der Waals surface area contributed by atoms with E-state index < -0.39 is 6.10 Å². The fourth-order valence-corrected chi connectivity index (χ4v) is 2.03. The van der Waals surface area contributed by atoms with E-state index in [-0.39, 0.29) is 18.6 Å². The van der Waals surface area contributed by atoms with Crippen LogP contribution in [0.2, 0.25) is 0 Å². The molecule has 0 spiro atoms. The second-order valence-electron chi connectivity index (χ2n) is 5.09. The topological polar surface area (TPSA) is 58.6 Å². The van der Waals surface area contributed by atoms with Crippen LogP contribution in [0.4, 0.5) is 0 Å². The van der Waals surface area contributed by atoms with E-state index in [1.807, 2.05) is 32.9 Å². The van der Waals surface area contributed by atoms with Gasteiger partial charge in [0, 0.05) is 11.6 Å². The number of benzene rings is 1. The summed E-state index contributed by atoms with van der Waals surface area (Å²) >= 11 is 0. The van der Waals surface area contributed by atoms with Gasteiger partial charge in [0.2, 0.25) is 0 Å². The maximum atomic E-state index is 11.8. The highest BCUT2D eigenvalue weighted by atomic mass is 16.5. The molecule has 0 unspecified atom stereocenters. The van der Waals surface area contributed by atoms with Crippen molar-refractivity contribution in [3.05, 3.63) is 29.3 Å². The maximum absolute atomic E-state index is 11.8. The van der Waals surface area contributed by atoms with Crippen molar-refractivity contribution in [1.82, 2.24) is 5.32 Å². The van der Waals surface area contributed by atoms with Crippen molar-refractivity contribution in [1.29, 1.82) is 0 Å². The Kier molecular flexibility index (Phi) is 6.52. The Morgan fingerprint density at radius 3 is 2.55 bits per heavy atom. The van der Waals surface area contributed by atoms with Gasteiger partial charge in [-0.05, 0) is 38.8 Å². The SMILES string of the molecule is CCC(CC)NC(=O)COc1ccc(C)cc1[C@@H](C)O. The van der Waals surface area contributed by atoms with Crippen LogP contribution in [-0.2, 0) is 4.79 Å². The summed E-state index contributed by atoms with van der Waals surface area (Å²) in [6.07, 6.45) is 1.20. The van der Waals surface area contributed by atoms with Crippen molar-refractivity contribution in [2.24, 2.45) is 0 Å². The lowest BCUT2D eigenvalue weighted by molar-refractivity contribution is -0.123. The third-order valence-corrected chi connectivity index (χ3v) is 3.32. The molecule has 112 valence electrons. The van der Waals surface area contributed by atoms with Crippen LogP contribution in [0.5, 0.6) is 5.75 Å². The van der Waals surface area contributed by atoms with Crippen molar-refractivity contribution in [2.45, 2.75) is 52.7 Å². The molecule has 0 heterocycles. The molecule has 0 fully saturated rings. The molecular formula is C16H25NO3. The minimum Gasteiger partial charge on any atom is -0.483 e. The van der Waals surface area contributed by atoms with Gasteiger partial charge in [0.25, 0.3) is 5.91 Å². The van der Waals surface area contributed by atoms with Crippen molar-refractivity contribution >= 4 is 5.91 Å². The first-order valence-corrected chi connectivity index (χ1v) is 7.18.